The number of carbonyl (C=O) groups excluding carboxylic acids is 1. The number of alkyl halides is 3. The molecule has 1 aliphatic heterocycles. The molecule has 0 spiro atoms. The maximum Gasteiger partial charge on any atom is 0.471 e. The lowest BCUT2D eigenvalue weighted by Gasteiger charge is -2.16. The third-order valence-electron chi connectivity index (χ3n) is 3.84. The summed E-state index contributed by atoms with van der Waals surface area (Å²) in [6.07, 6.45) is -6.42. The Morgan fingerprint density at radius 3 is 2.93 bits per heavy atom. The molecule has 3 atom stereocenters. The number of amides is 1. The van der Waals surface area contributed by atoms with E-state index in [0.29, 0.717) is 0 Å². The summed E-state index contributed by atoms with van der Waals surface area (Å²) in [5.41, 5.74) is 12.9. The largest absolute Gasteiger partial charge is 0.471 e. The van der Waals surface area contributed by atoms with E-state index in [2.05, 4.69) is 15.0 Å². The molecule has 1 aromatic heterocycles. The number of aromatic nitrogens is 2. The van der Waals surface area contributed by atoms with Crippen molar-refractivity contribution in [3.8, 4) is 0 Å². The Hall–Kier alpha value is -2.87. The highest BCUT2D eigenvalue weighted by molar-refractivity contribution is 5.81. The van der Waals surface area contributed by atoms with Crippen molar-refractivity contribution in [3.63, 3.8) is 0 Å². The number of nitrogens with one attached hydrogen (secondary N) is 1. The van der Waals surface area contributed by atoms with Gasteiger partial charge in [0.05, 0.1) is 12.7 Å². The van der Waals surface area contributed by atoms with Gasteiger partial charge < -0.3 is 25.6 Å². The van der Waals surface area contributed by atoms with Crippen LogP contribution in [0, 0.1) is 0 Å². The monoisotopic (exact) mass is 407 g/mol. The summed E-state index contributed by atoms with van der Waals surface area (Å²) in [5, 5.41) is 14.2. The number of nitrogens with zero attached hydrogens (tertiary/aromatic N) is 5. The Balaban J connectivity index is 2.18. The zero-order chi connectivity index (χ0) is 20.9. The smallest absolute Gasteiger partial charge is 0.394 e. The normalized spacial score (nSPS) is 21.9. The van der Waals surface area contributed by atoms with Gasteiger partial charge in [0.1, 0.15) is 24.9 Å². The maximum absolute atomic E-state index is 12.3. The van der Waals surface area contributed by atoms with Gasteiger partial charge in [-0.25, -0.2) is 4.79 Å². The fourth-order valence-electron chi connectivity index (χ4n) is 2.51. The van der Waals surface area contributed by atoms with Gasteiger partial charge in [-0.3, -0.25) is 9.36 Å². The summed E-state index contributed by atoms with van der Waals surface area (Å²) in [7, 11) is 0. The second-order valence-corrected chi connectivity index (χ2v) is 5.63. The van der Waals surface area contributed by atoms with Crippen molar-refractivity contribution in [2.24, 2.45) is 5.11 Å². The number of nitrogens with two attached hydrogens (primary N) is 1. The second kappa shape index (κ2) is 8.88. The highest BCUT2D eigenvalue weighted by Gasteiger charge is 2.39. The summed E-state index contributed by atoms with van der Waals surface area (Å²) in [6.45, 7) is -1.40. The molecule has 15 heteroatoms. The Morgan fingerprint density at radius 1 is 1.61 bits per heavy atom. The summed E-state index contributed by atoms with van der Waals surface area (Å²) in [4.78, 5) is 29.1. The SMILES string of the molecule is [N-]=[N+]=NCOC1CC(n2cc(CNC(=O)C(F)(F)F)c(N)nc2=O)OC1CO. The highest BCUT2D eigenvalue weighted by Crippen LogP contribution is 2.30. The predicted octanol–water partition coefficient (Wildman–Crippen LogP) is -0.0632. The zero-order valence-electron chi connectivity index (χ0n) is 14.2. The summed E-state index contributed by atoms with van der Waals surface area (Å²) in [6, 6.07) is 0. The number of halogens is 3. The van der Waals surface area contributed by atoms with E-state index in [1.54, 1.807) is 5.32 Å². The minimum Gasteiger partial charge on any atom is -0.394 e. The standard InChI is InChI=1S/C13H16F3N7O5/c14-13(15,16)11(25)19-2-6-3-23(12(26)21-10(6)17)9-1-7(8(4-24)28-9)27-5-20-22-18/h3,7-9,24H,1-2,4-5H2,(H,19,25)(H2,17,21,26). The number of aliphatic hydroxyl groups is 1. The molecule has 1 saturated heterocycles. The van der Waals surface area contributed by atoms with Crippen LogP contribution in [0.3, 0.4) is 0 Å². The molecule has 1 fully saturated rings. The Morgan fingerprint density at radius 2 is 2.32 bits per heavy atom. The third kappa shape index (κ3) is 5.10. The van der Waals surface area contributed by atoms with E-state index in [0.717, 1.165) is 10.8 Å². The molecule has 28 heavy (non-hydrogen) atoms. The van der Waals surface area contributed by atoms with Crippen LogP contribution in [-0.4, -0.2) is 52.3 Å². The van der Waals surface area contributed by atoms with Gasteiger partial charge in [-0.15, -0.1) is 0 Å². The second-order valence-electron chi connectivity index (χ2n) is 5.63. The lowest BCUT2D eigenvalue weighted by Crippen LogP contribution is -2.37. The molecular formula is C13H16F3N7O5. The molecule has 0 radical (unpaired) electrons. The van der Waals surface area contributed by atoms with Crippen LogP contribution < -0.4 is 16.7 Å². The molecule has 2 heterocycles. The quantitative estimate of drug-likeness (QED) is 0.322. The molecule has 3 unspecified atom stereocenters. The van der Waals surface area contributed by atoms with Crippen molar-refractivity contribution in [3.05, 3.63) is 32.7 Å². The molecule has 4 N–H and O–H groups in total. The van der Waals surface area contributed by atoms with Gasteiger partial charge in [-0.05, 0) is 5.53 Å². The summed E-state index contributed by atoms with van der Waals surface area (Å²) < 4.78 is 48.6. The van der Waals surface area contributed by atoms with Gasteiger partial charge in [0.15, 0.2) is 0 Å². The van der Waals surface area contributed by atoms with Crippen LogP contribution in [0.15, 0.2) is 16.1 Å². The first-order valence-electron chi connectivity index (χ1n) is 7.78. The summed E-state index contributed by atoms with van der Waals surface area (Å²) in [5.74, 6) is -2.52. The number of aliphatic hydroxyl groups excluding tert-OH is 1. The average Bonchev–Trinajstić information content (AvgIpc) is 3.03. The van der Waals surface area contributed by atoms with Gasteiger partial charge in [-0.1, -0.05) is 5.11 Å². The Labute approximate surface area is 154 Å². The minimum absolute atomic E-state index is 0.0419. The van der Waals surface area contributed by atoms with Crippen LogP contribution in [0.5, 0.6) is 0 Å². The highest BCUT2D eigenvalue weighted by atomic mass is 19.4. The Kier molecular flexibility index (Phi) is 6.80. The number of carbonyl (C=O) groups is 1. The van der Waals surface area contributed by atoms with Crippen LogP contribution >= 0.6 is 0 Å². The number of hydrogen-bond acceptors (Lipinski definition) is 8. The molecule has 0 aromatic carbocycles. The Bertz CT molecular complexity index is 824. The van der Waals surface area contributed by atoms with Gasteiger partial charge in [0.2, 0.25) is 0 Å². The van der Waals surface area contributed by atoms with Crippen LogP contribution in [0.2, 0.25) is 0 Å². The van der Waals surface area contributed by atoms with Gasteiger partial charge in [0.25, 0.3) is 0 Å². The molecule has 12 nitrogen and oxygen atoms in total. The van der Waals surface area contributed by atoms with Crippen LogP contribution in [-0.2, 0) is 20.8 Å². The fraction of sp³-hybridized carbons (Fsp3) is 0.615. The van der Waals surface area contributed by atoms with Crippen molar-refractivity contribution in [1.29, 1.82) is 0 Å². The van der Waals surface area contributed by atoms with Crippen molar-refractivity contribution in [2.75, 3.05) is 19.1 Å². The number of rotatable bonds is 7. The minimum atomic E-state index is -5.07. The molecule has 2 rings (SSSR count). The molecule has 1 amide bonds. The molecule has 154 valence electrons. The van der Waals surface area contributed by atoms with E-state index in [1.807, 2.05) is 0 Å². The molecule has 1 aliphatic rings. The molecule has 0 bridgehead atoms. The topological polar surface area (TPSA) is 177 Å². The molecule has 1 aromatic rings. The number of ether oxygens (including phenoxy) is 2. The number of azide groups is 1. The van der Waals surface area contributed by atoms with E-state index in [-0.39, 0.29) is 24.5 Å². The number of hydrogen-bond donors (Lipinski definition) is 3. The maximum atomic E-state index is 12.3. The van der Waals surface area contributed by atoms with E-state index in [9.17, 15) is 27.9 Å². The van der Waals surface area contributed by atoms with Crippen LogP contribution in [0.1, 0.15) is 18.2 Å². The first kappa shape index (κ1) is 21.4. The summed E-state index contributed by atoms with van der Waals surface area (Å²) >= 11 is 0. The van der Waals surface area contributed by atoms with Crippen molar-refractivity contribution < 1.29 is 32.5 Å². The van der Waals surface area contributed by atoms with Crippen molar-refractivity contribution >= 4 is 11.7 Å². The van der Waals surface area contributed by atoms with Crippen molar-refractivity contribution in [1.82, 2.24) is 14.9 Å². The average molecular weight is 407 g/mol. The third-order valence-corrected chi connectivity index (χ3v) is 3.84. The van der Waals surface area contributed by atoms with Gasteiger partial charge in [0, 0.05) is 29.6 Å². The molecule has 0 saturated carbocycles. The predicted molar refractivity (Wildman–Crippen MR) is 85.3 cm³/mol. The fourth-order valence-corrected chi connectivity index (χ4v) is 2.51. The molecule has 0 aliphatic carbocycles. The molecular weight excluding hydrogens is 391 g/mol. The lowest BCUT2D eigenvalue weighted by molar-refractivity contribution is -0.173. The first-order valence-corrected chi connectivity index (χ1v) is 7.78. The van der Waals surface area contributed by atoms with Crippen LogP contribution in [0.4, 0.5) is 19.0 Å². The zero-order valence-corrected chi connectivity index (χ0v) is 14.2. The van der Waals surface area contributed by atoms with Crippen molar-refractivity contribution in [2.45, 2.75) is 37.6 Å². The number of anilines is 1. The van der Waals surface area contributed by atoms with Crippen LogP contribution in [0.25, 0.3) is 10.4 Å². The van der Waals surface area contributed by atoms with E-state index < -0.39 is 49.4 Å². The lowest BCUT2D eigenvalue weighted by atomic mass is 10.2. The number of nitrogen functional groups attached to an aromatic ring is 1. The first-order chi connectivity index (χ1) is 13.2. The van der Waals surface area contributed by atoms with Gasteiger partial charge in [-0.2, -0.15) is 18.2 Å². The van der Waals surface area contributed by atoms with E-state index >= 15 is 0 Å². The van der Waals surface area contributed by atoms with E-state index in [1.165, 1.54) is 0 Å². The van der Waals surface area contributed by atoms with Gasteiger partial charge >= 0.3 is 17.8 Å². The van der Waals surface area contributed by atoms with E-state index in [4.69, 9.17) is 20.7 Å².